The van der Waals surface area contributed by atoms with Crippen LogP contribution in [0.2, 0.25) is 0 Å². The van der Waals surface area contributed by atoms with Crippen LogP contribution in [-0.2, 0) is 4.79 Å². The highest BCUT2D eigenvalue weighted by atomic mass is 16.2. The van der Waals surface area contributed by atoms with Crippen LogP contribution in [0.25, 0.3) is 16.8 Å². The molecule has 0 unspecified atom stereocenters. The molecule has 8 nitrogen and oxygen atoms in total. The van der Waals surface area contributed by atoms with Gasteiger partial charge in [-0.25, -0.2) is 10.5 Å². The first-order valence-electron chi connectivity index (χ1n) is 10.5. The number of hydrogen-bond acceptors (Lipinski definition) is 5. The van der Waals surface area contributed by atoms with Gasteiger partial charge >= 0.3 is 0 Å². The fourth-order valence-corrected chi connectivity index (χ4v) is 3.34. The van der Waals surface area contributed by atoms with Crippen molar-refractivity contribution in [3.63, 3.8) is 0 Å². The van der Waals surface area contributed by atoms with Crippen molar-refractivity contribution in [1.82, 2.24) is 20.9 Å². The Labute approximate surface area is 195 Å². The summed E-state index contributed by atoms with van der Waals surface area (Å²) in [5, 5.41) is 13.9. The molecule has 3 N–H and O–H groups in total. The van der Waals surface area contributed by atoms with Crippen molar-refractivity contribution >= 4 is 34.9 Å². The molecular weight excluding hydrogens is 430 g/mol. The molecule has 34 heavy (non-hydrogen) atoms. The third-order valence-electron chi connectivity index (χ3n) is 5.00. The first-order chi connectivity index (χ1) is 16.6. The smallest absolute Gasteiger partial charge is 0.272 e. The highest BCUT2D eigenvalue weighted by Gasteiger charge is 2.27. The van der Waals surface area contributed by atoms with Crippen molar-refractivity contribution in [2.75, 3.05) is 0 Å². The summed E-state index contributed by atoms with van der Waals surface area (Å²) in [6.07, 6.45) is 4.95. The molecule has 3 aromatic carbocycles. The normalized spacial score (nSPS) is 12.1. The lowest BCUT2D eigenvalue weighted by atomic mass is 10.0. The number of benzene rings is 3. The van der Waals surface area contributed by atoms with Gasteiger partial charge in [-0.2, -0.15) is 10.2 Å². The summed E-state index contributed by atoms with van der Waals surface area (Å²) >= 11 is 0. The molecule has 0 bridgehead atoms. The van der Waals surface area contributed by atoms with Crippen LogP contribution in [0.15, 0.2) is 101 Å². The number of amides is 2. The van der Waals surface area contributed by atoms with E-state index in [1.807, 2.05) is 36.4 Å². The molecule has 0 aliphatic heterocycles. The lowest BCUT2D eigenvalue weighted by Crippen LogP contribution is -2.40. The number of aromatic nitrogens is 2. The maximum atomic E-state index is 13.1. The first-order valence-corrected chi connectivity index (χ1v) is 10.5. The standard InChI is InChI=1S/C26H21N5O3/c32-24(19-13-5-2-6-14-19)28-23(22-20-15-7-8-16-21(20)25(33)31-29-22)26(34)30-27-17-9-12-18-10-3-1-4-11-18/h1-17,23H,(H,28,32)(H,30,34)(H,31,33)/b12-9+,27-17?/t23-/m0/s1. The Balaban J connectivity index is 1.60. The van der Waals surface area contributed by atoms with E-state index < -0.39 is 23.4 Å². The van der Waals surface area contributed by atoms with E-state index in [9.17, 15) is 14.4 Å². The van der Waals surface area contributed by atoms with Crippen LogP contribution in [0.5, 0.6) is 0 Å². The summed E-state index contributed by atoms with van der Waals surface area (Å²) < 4.78 is 0. The second-order valence-corrected chi connectivity index (χ2v) is 7.28. The first kappa shape index (κ1) is 22.3. The monoisotopic (exact) mass is 451 g/mol. The van der Waals surface area contributed by atoms with Crippen molar-refractivity contribution in [3.05, 3.63) is 118 Å². The van der Waals surface area contributed by atoms with Crippen LogP contribution < -0.4 is 16.3 Å². The van der Waals surface area contributed by atoms with Gasteiger partial charge in [0.1, 0.15) is 5.69 Å². The van der Waals surface area contributed by atoms with E-state index in [2.05, 4.69) is 26.0 Å². The molecule has 8 heteroatoms. The van der Waals surface area contributed by atoms with E-state index >= 15 is 0 Å². The minimum absolute atomic E-state index is 0.201. The largest absolute Gasteiger partial charge is 0.335 e. The van der Waals surface area contributed by atoms with Crippen LogP contribution >= 0.6 is 0 Å². The minimum atomic E-state index is -1.20. The predicted molar refractivity (Wildman–Crippen MR) is 131 cm³/mol. The summed E-state index contributed by atoms with van der Waals surface area (Å²) in [7, 11) is 0. The number of carbonyl (C=O) groups is 2. The number of allylic oxidation sites excluding steroid dienone is 1. The molecule has 1 heterocycles. The number of hydrazone groups is 1. The highest BCUT2D eigenvalue weighted by Crippen LogP contribution is 2.20. The molecule has 0 aliphatic carbocycles. The zero-order chi connectivity index (χ0) is 23.8. The Morgan fingerprint density at radius 1 is 0.882 bits per heavy atom. The number of aromatic amines is 1. The van der Waals surface area contributed by atoms with Gasteiger partial charge in [0.15, 0.2) is 6.04 Å². The summed E-state index contributed by atoms with van der Waals surface area (Å²) in [6, 6.07) is 23.7. The van der Waals surface area contributed by atoms with Crippen LogP contribution in [-0.4, -0.2) is 28.2 Å². The van der Waals surface area contributed by atoms with Gasteiger partial charge in [0.25, 0.3) is 17.4 Å². The quantitative estimate of drug-likeness (QED) is 0.295. The van der Waals surface area contributed by atoms with Gasteiger partial charge in [0, 0.05) is 17.2 Å². The van der Waals surface area contributed by atoms with E-state index in [4.69, 9.17) is 0 Å². The number of nitrogens with one attached hydrogen (secondary N) is 3. The van der Waals surface area contributed by atoms with E-state index in [0.29, 0.717) is 16.3 Å². The summed E-state index contributed by atoms with van der Waals surface area (Å²) in [5.41, 5.74) is 3.61. The van der Waals surface area contributed by atoms with E-state index in [0.717, 1.165) is 5.56 Å². The number of H-pyrrole nitrogens is 1. The molecule has 0 radical (unpaired) electrons. The second-order valence-electron chi connectivity index (χ2n) is 7.28. The number of nitrogens with zero attached hydrogens (tertiary/aromatic N) is 2. The summed E-state index contributed by atoms with van der Waals surface area (Å²) in [4.78, 5) is 38.1. The Bertz CT molecular complexity index is 1410. The van der Waals surface area contributed by atoms with Crippen molar-refractivity contribution < 1.29 is 9.59 Å². The summed E-state index contributed by atoms with van der Waals surface area (Å²) in [5.74, 6) is -1.08. The highest BCUT2D eigenvalue weighted by molar-refractivity contribution is 5.99. The van der Waals surface area contributed by atoms with Gasteiger partial charge in [0.2, 0.25) is 0 Å². The second kappa shape index (κ2) is 10.6. The van der Waals surface area contributed by atoms with Gasteiger partial charge < -0.3 is 5.32 Å². The van der Waals surface area contributed by atoms with Crippen LogP contribution in [0, 0.1) is 0 Å². The molecule has 1 aromatic heterocycles. The van der Waals surface area contributed by atoms with Crippen molar-refractivity contribution in [1.29, 1.82) is 0 Å². The van der Waals surface area contributed by atoms with Crippen molar-refractivity contribution in [3.8, 4) is 0 Å². The molecule has 0 fully saturated rings. The maximum absolute atomic E-state index is 13.1. The Hall–Kier alpha value is -4.85. The zero-order valence-electron chi connectivity index (χ0n) is 18.0. The average Bonchev–Trinajstić information content (AvgIpc) is 2.88. The minimum Gasteiger partial charge on any atom is -0.335 e. The Morgan fingerprint density at radius 2 is 1.53 bits per heavy atom. The third kappa shape index (κ3) is 5.31. The van der Waals surface area contributed by atoms with Crippen molar-refractivity contribution in [2.45, 2.75) is 6.04 Å². The van der Waals surface area contributed by atoms with Crippen LogP contribution in [0.3, 0.4) is 0 Å². The molecule has 168 valence electrons. The molecular formula is C26H21N5O3. The molecule has 4 rings (SSSR count). The van der Waals surface area contributed by atoms with Crippen molar-refractivity contribution in [2.24, 2.45) is 5.10 Å². The average molecular weight is 451 g/mol. The van der Waals surface area contributed by atoms with Gasteiger partial charge in [-0.1, -0.05) is 72.8 Å². The van der Waals surface area contributed by atoms with Crippen LogP contribution in [0.4, 0.5) is 0 Å². The molecule has 0 saturated carbocycles. The Kier molecular flexibility index (Phi) is 7.00. The SMILES string of the molecule is O=C(N[C@H](C(=O)NN=C/C=C/c1ccccc1)c1n[nH]c(=O)c2ccccc12)c1ccccc1. The molecule has 0 saturated heterocycles. The molecule has 2 amide bonds. The molecule has 0 spiro atoms. The van der Waals surface area contributed by atoms with E-state index in [1.54, 1.807) is 60.7 Å². The van der Waals surface area contributed by atoms with Gasteiger partial charge in [-0.3, -0.25) is 14.4 Å². The van der Waals surface area contributed by atoms with Crippen LogP contribution in [0.1, 0.15) is 27.7 Å². The maximum Gasteiger partial charge on any atom is 0.272 e. The molecule has 4 aromatic rings. The third-order valence-corrected chi connectivity index (χ3v) is 5.00. The number of hydrogen-bond donors (Lipinski definition) is 3. The predicted octanol–water partition coefficient (Wildman–Crippen LogP) is 3.21. The van der Waals surface area contributed by atoms with Gasteiger partial charge in [0.05, 0.1) is 5.39 Å². The number of carbonyl (C=O) groups excluding carboxylic acids is 2. The fraction of sp³-hybridized carbons (Fsp3) is 0.0385. The van der Waals surface area contributed by atoms with E-state index in [-0.39, 0.29) is 5.69 Å². The zero-order valence-corrected chi connectivity index (χ0v) is 18.0. The number of fused-ring (bicyclic) bond motifs is 1. The Morgan fingerprint density at radius 3 is 2.26 bits per heavy atom. The fourth-order valence-electron chi connectivity index (χ4n) is 3.34. The topological polar surface area (TPSA) is 116 Å². The van der Waals surface area contributed by atoms with Gasteiger partial charge in [-0.15, -0.1) is 0 Å². The van der Waals surface area contributed by atoms with E-state index in [1.165, 1.54) is 6.21 Å². The number of rotatable bonds is 7. The summed E-state index contributed by atoms with van der Waals surface area (Å²) in [6.45, 7) is 0. The lowest BCUT2D eigenvalue weighted by molar-refractivity contribution is -0.123. The lowest BCUT2D eigenvalue weighted by Gasteiger charge is -2.18. The molecule has 0 aliphatic rings. The molecule has 1 atom stereocenters. The van der Waals surface area contributed by atoms with Gasteiger partial charge in [-0.05, 0) is 29.8 Å².